The van der Waals surface area contributed by atoms with Gasteiger partial charge in [0.25, 0.3) is 0 Å². The van der Waals surface area contributed by atoms with Crippen molar-refractivity contribution in [2.24, 2.45) is 0 Å². The summed E-state index contributed by atoms with van der Waals surface area (Å²) in [7, 11) is -2.18. The van der Waals surface area contributed by atoms with Gasteiger partial charge in [0.2, 0.25) is 0 Å². The summed E-state index contributed by atoms with van der Waals surface area (Å²) in [4.78, 5) is 0. The second kappa shape index (κ2) is 8.88. The van der Waals surface area contributed by atoms with Crippen molar-refractivity contribution in [3.8, 4) is 0 Å². The Hall–Kier alpha value is 0.571. The lowest BCUT2D eigenvalue weighted by Gasteiger charge is -2.45. The highest BCUT2D eigenvalue weighted by atomic mass is 28.4. The van der Waals surface area contributed by atoms with E-state index in [1.54, 1.807) is 0 Å². The van der Waals surface area contributed by atoms with Crippen molar-refractivity contribution < 1.29 is 8.85 Å². The van der Waals surface area contributed by atoms with Gasteiger partial charge < -0.3 is 8.85 Å². The van der Waals surface area contributed by atoms with Gasteiger partial charge in [-0.2, -0.15) is 0 Å². The molecule has 0 unspecified atom stereocenters. The Morgan fingerprint density at radius 2 is 0.900 bits per heavy atom. The van der Waals surface area contributed by atoms with E-state index in [4.69, 9.17) is 8.85 Å². The van der Waals surface area contributed by atoms with E-state index in [0.717, 1.165) is 16.7 Å². The molecule has 0 saturated heterocycles. The lowest BCUT2D eigenvalue weighted by molar-refractivity contribution is -0.0595. The summed E-state index contributed by atoms with van der Waals surface area (Å²) in [6, 6.07) is 7.29. The van der Waals surface area contributed by atoms with E-state index in [1.165, 1.54) is 36.3 Å². The van der Waals surface area contributed by atoms with Crippen LogP contribution >= 0.6 is 0 Å². The van der Waals surface area contributed by atoms with Crippen molar-refractivity contribution in [1.82, 2.24) is 0 Å². The average molecular weight is 335 g/mol. The third-order valence-corrected chi connectivity index (χ3v) is 16.8. The van der Waals surface area contributed by atoms with Crippen LogP contribution in [-0.2, 0) is 8.85 Å². The normalized spacial score (nSPS) is 13.9. The summed E-state index contributed by atoms with van der Waals surface area (Å²) in [5.74, 6) is 0. The second-order valence-corrected chi connectivity index (χ2v) is 17.1. The summed E-state index contributed by atoms with van der Waals surface area (Å²) < 4.78 is 13.6. The molecule has 20 heavy (non-hydrogen) atoms. The van der Waals surface area contributed by atoms with E-state index >= 15 is 0 Å². The average Bonchev–Trinajstić information content (AvgIpc) is 2.51. The zero-order valence-electron chi connectivity index (χ0n) is 15.3. The fourth-order valence-corrected chi connectivity index (χ4v) is 11.8. The van der Waals surface area contributed by atoms with E-state index in [9.17, 15) is 0 Å². The molecule has 0 radical (unpaired) electrons. The fourth-order valence-electron chi connectivity index (χ4n) is 3.01. The van der Waals surface area contributed by atoms with Gasteiger partial charge in [-0.05, 0) is 42.7 Å². The smallest absolute Gasteiger partial charge is 0.195 e. The summed E-state index contributed by atoms with van der Waals surface area (Å²) in [6.07, 6.45) is 1.02. The molecule has 0 aliphatic heterocycles. The Kier molecular flexibility index (Phi) is 9.13. The minimum atomic E-state index is -1.58. The Labute approximate surface area is 132 Å². The summed E-state index contributed by atoms with van der Waals surface area (Å²) in [5.41, 5.74) is -0.220. The molecule has 0 N–H and O–H groups in total. The van der Waals surface area contributed by atoms with Gasteiger partial charge in [-0.1, -0.05) is 48.5 Å². The molecule has 122 valence electrons. The summed E-state index contributed by atoms with van der Waals surface area (Å²) in [6.45, 7) is 16.1. The summed E-state index contributed by atoms with van der Waals surface area (Å²) in [5, 5.41) is 0. The Morgan fingerprint density at radius 3 is 1.05 bits per heavy atom. The fraction of sp³-hybridized carbons (Fsp3) is 1.00. The van der Waals surface area contributed by atoms with E-state index < -0.39 is 16.6 Å². The first-order valence-corrected chi connectivity index (χ1v) is 14.8. The molecule has 0 fully saturated rings. The highest BCUT2D eigenvalue weighted by Crippen LogP contribution is 2.34. The molecule has 0 rings (SSSR count). The number of rotatable bonds is 11. The zero-order chi connectivity index (χ0) is 15.9. The predicted molar refractivity (Wildman–Crippen MR) is 99.5 cm³/mol. The van der Waals surface area contributed by atoms with Gasteiger partial charge in [-0.3, -0.25) is 0 Å². The SMILES string of the molecule is CCC([SiH3])(O[Si](CC)(CC)CC)O[Si](CC)(CC)CC. The third kappa shape index (κ3) is 5.09. The molecule has 0 bridgehead atoms. The third-order valence-electron chi connectivity index (χ3n) is 5.37. The molecular weight excluding hydrogens is 296 g/mol. The van der Waals surface area contributed by atoms with Crippen molar-refractivity contribution in [3.63, 3.8) is 0 Å². The van der Waals surface area contributed by atoms with E-state index in [1.807, 2.05) is 0 Å². The van der Waals surface area contributed by atoms with Crippen LogP contribution in [0.1, 0.15) is 54.9 Å². The molecule has 0 heterocycles. The van der Waals surface area contributed by atoms with Crippen LogP contribution in [-0.4, -0.2) is 32.3 Å². The minimum Gasteiger partial charge on any atom is -0.395 e. The molecule has 0 amide bonds. The first-order valence-electron chi connectivity index (χ1n) is 8.74. The minimum absolute atomic E-state index is 0.220. The molecule has 0 aromatic heterocycles. The number of hydrogen-bond donors (Lipinski definition) is 0. The second-order valence-electron chi connectivity index (χ2n) is 6.18. The Balaban J connectivity index is 5.19. The Bertz CT molecular complexity index is 225. The quantitative estimate of drug-likeness (QED) is 0.410. The van der Waals surface area contributed by atoms with Crippen LogP contribution in [0.5, 0.6) is 0 Å². The first kappa shape index (κ1) is 20.6. The van der Waals surface area contributed by atoms with Crippen molar-refractivity contribution in [1.29, 1.82) is 0 Å². The molecule has 0 atom stereocenters. The van der Waals surface area contributed by atoms with E-state index in [2.05, 4.69) is 48.5 Å². The monoisotopic (exact) mass is 334 g/mol. The summed E-state index contributed by atoms with van der Waals surface area (Å²) >= 11 is 0. The molecule has 0 spiro atoms. The number of hydrogen-bond acceptors (Lipinski definition) is 2. The standard InChI is InChI=1S/C15H38O2Si3/c1-8-15(18,16-19(9-2,10-3)11-4)17-20(12-5,13-6)14-7/h8-14H2,1-7,18H3. The van der Waals surface area contributed by atoms with E-state index in [-0.39, 0.29) is 5.41 Å². The van der Waals surface area contributed by atoms with Gasteiger partial charge in [-0.25, -0.2) is 0 Å². The molecule has 2 nitrogen and oxygen atoms in total. The zero-order valence-corrected chi connectivity index (χ0v) is 19.3. The van der Waals surface area contributed by atoms with Gasteiger partial charge in [0.15, 0.2) is 16.6 Å². The van der Waals surface area contributed by atoms with Crippen LogP contribution in [0.15, 0.2) is 0 Å². The highest BCUT2D eigenvalue weighted by Gasteiger charge is 2.42. The topological polar surface area (TPSA) is 18.5 Å². The molecule has 0 aromatic carbocycles. The van der Waals surface area contributed by atoms with Gasteiger partial charge in [0.05, 0.1) is 10.2 Å². The maximum Gasteiger partial charge on any atom is 0.195 e. The van der Waals surface area contributed by atoms with E-state index in [0.29, 0.717) is 0 Å². The lowest BCUT2D eigenvalue weighted by Crippen LogP contribution is -2.55. The maximum atomic E-state index is 6.80. The largest absolute Gasteiger partial charge is 0.395 e. The van der Waals surface area contributed by atoms with Gasteiger partial charge in [0.1, 0.15) is 5.41 Å². The molecular formula is C15H38O2Si3. The predicted octanol–water partition coefficient (Wildman–Crippen LogP) is 4.46. The van der Waals surface area contributed by atoms with Gasteiger partial charge in [-0.15, -0.1) is 0 Å². The Morgan fingerprint density at radius 1 is 0.650 bits per heavy atom. The molecule has 0 saturated carbocycles. The lowest BCUT2D eigenvalue weighted by atomic mass is 10.5. The van der Waals surface area contributed by atoms with Crippen LogP contribution in [0.3, 0.4) is 0 Å². The van der Waals surface area contributed by atoms with Crippen LogP contribution in [0, 0.1) is 0 Å². The van der Waals surface area contributed by atoms with Crippen LogP contribution < -0.4 is 0 Å². The van der Waals surface area contributed by atoms with Crippen molar-refractivity contribution >= 4 is 26.9 Å². The maximum absolute atomic E-state index is 6.80. The van der Waals surface area contributed by atoms with Gasteiger partial charge in [0, 0.05) is 0 Å². The molecule has 0 aliphatic carbocycles. The van der Waals surface area contributed by atoms with Crippen LogP contribution in [0.25, 0.3) is 0 Å². The van der Waals surface area contributed by atoms with Crippen molar-refractivity contribution in [3.05, 3.63) is 0 Å². The molecule has 0 aliphatic rings. The van der Waals surface area contributed by atoms with Crippen molar-refractivity contribution in [2.75, 3.05) is 0 Å². The first-order chi connectivity index (χ1) is 9.34. The van der Waals surface area contributed by atoms with Crippen LogP contribution in [0.2, 0.25) is 36.3 Å². The highest BCUT2D eigenvalue weighted by molar-refractivity contribution is 6.75. The van der Waals surface area contributed by atoms with Gasteiger partial charge >= 0.3 is 0 Å². The van der Waals surface area contributed by atoms with Crippen LogP contribution in [0.4, 0.5) is 0 Å². The van der Waals surface area contributed by atoms with Crippen molar-refractivity contribution in [2.45, 2.75) is 96.6 Å². The molecule has 5 heteroatoms. The molecule has 0 aromatic rings.